The van der Waals surface area contributed by atoms with Crippen molar-refractivity contribution in [3.63, 3.8) is 0 Å². The van der Waals surface area contributed by atoms with Gasteiger partial charge in [0, 0.05) is 12.5 Å². The number of benzene rings is 1. The number of hydrogen-bond acceptors (Lipinski definition) is 6. The second-order valence-corrected chi connectivity index (χ2v) is 8.30. The van der Waals surface area contributed by atoms with E-state index in [-0.39, 0.29) is 11.5 Å². The van der Waals surface area contributed by atoms with Crippen molar-refractivity contribution in [2.24, 2.45) is 0 Å². The molecule has 0 aliphatic carbocycles. The van der Waals surface area contributed by atoms with Crippen LogP contribution >= 0.6 is 11.3 Å². The summed E-state index contributed by atoms with van der Waals surface area (Å²) in [6, 6.07) is 7.77. The Morgan fingerprint density at radius 3 is 2.76 bits per heavy atom. The number of ether oxygens (including phenoxy) is 2. The van der Waals surface area contributed by atoms with Gasteiger partial charge in [-0.3, -0.25) is 0 Å². The molecule has 1 unspecified atom stereocenters. The van der Waals surface area contributed by atoms with Gasteiger partial charge in [0.1, 0.15) is 6.61 Å². The summed E-state index contributed by atoms with van der Waals surface area (Å²) in [7, 11) is 2.02. The Kier molecular flexibility index (Phi) is 3.83. The summed E-state index contributed by atoms with van der Waals surface area (Å²) in [6.07, 6.45) is 1.99. The summed E-state index contributed by atoms with van der Waals surface area (Å²) in [5.74, 6) is 1.61. The number of anilines is 1. The van der Waals surface area contributed by atoms with Gasteiger partial charge in [0.15, 0.2) is 17.6 Å². The topological polar surface area (TPSA) is 51.9 Å². The van der Waals surface area contributed by atoms with Gasteiger partial charge in [-0.2, -0.15) is 0 Å². The van der Waals surface area contributed by atoms with Gasteiger partial charge in [0.2, 0.25) is 10.1 Å². The summed E-state index contributed by atoms with van der Waals surface area (Å²) >= 11 is 1.59. The van der Waals surface area contributed by atoms with Crippen molar-refractivity contribution >= 4 is 21.4 Å². The van der Waals surface area contributed by atoms with Crippen molar-refractivity contribution in [2.75, 3.05) is 25.1 Å². The first-order valence-electron chi connectivity index (χ1n) is 8.36. The first-order chi connectivity index (χ1) is 11.9. The fraction of sp³-hybridized carbons (Fsp3) is 0.444. The van der Waals surface area contributed by atoms with E-state index in [1.165, 1.54) is 0 Å². The average Bonchev–Trinajstić information content (AvgIpc) is 3.13. The van der Waals surface area contributed by atoms with Crippen LogP contribution in [-0.2, 0) is 5.41 Å². The molecule has 2 aromatic heterocycles. The molecule has 7 heteroatoms. The third kappa shape index (κ3) is 3.16. The first kappa shape index (κ1) is 16.2. The third-order valence-corrected chi connectivity index (χ3v) is 5.21. The molecule has 0 saturated carbocycles. The van der Waals surface area contributed by atoms with Crippen molar-refractivity contribution in [1.29, 1.82) is 0 Å². The number of aromatic nitrogens is 3. The summed E-state index contributed by atoms with van der Waals surface area (Å²) in [5.41, 5.74) is 1.08. The van der Waals surface area contributed by atoms with Gasteiger partial charge in [-0.1, -0.05) is 44.2 Å². The van der Waals surface area contributed by atoms with Crippen LogP contribution < -0.4 is 14.4 Å². The van der Waals surface area contributed by atoms with E-state index < -0.39 is 0 Å². The smallest absolute Gasteiger partial charge is 0.214 e. The highest BCUT2D eigenvalue weighted by Gasteiger charge is 2.24. The van der Waals surface area contributed by atoms with Gasteiger partial charge in [0.25, 0.3) is 0 Å². The van der Waals surface area contributed by atoms with Crippen LogP contribution in [0.3, 0.4) is 0 Å². The first-order valence-corrected chi connectivity index (χ1v) is 9.18. The molecule has 3 aromatic rings. The van der Waals surface area contributed by atoms with Crippen molar-refractivity contribution in [2.45, 2.75) is 32.3 Å². The molecule has 0 fully saturated rings. The monoisotopic (exact) mass is 358 g/mol. The normalized spacial score (nSPS) is 17.0. The standard InChI is InChI=1S/C18H22N4O2S/c1-18(2,3)15-10-22-16(19-15)25-17(20-22)21(4)9-12-11-23-13-7-5-6-8-14(13)24-12/h5-8,10,12H,9,11H2,1-4H3. The Hall–Kier alpha value is -2.28. The largest absolute Gasteiger partial charge is 0.486 e. The Bertz CT molecular complexity index is 864. The molecule has 1 aliphatic rings. The van der Waals surface area contributed by atoms with Crippen LogP contribution in [-0.4, -0.2) is 40.9 Å². The quantitative estimate of drug-likeness (QED) is 0.718. The molecule has 1 aliphatic heterocycles. The summed E-state index contributed by atoms with van der Waals surface area (Å²) < 4.78 is 13.7. The second-order valence-electron chi connectivity index (χ2n) is 7.37. The van der Waals surface area contributed by atoms with Crippen LogP contribution in [0.4, 0.5) is 5.13 Å². The number of fused-ring (bicyclic) bond motifs is 2. The van der Waals surface area contributed by atoms with E-state index >= 15 is 0 Å². The van der Waals surface area contributed by atoms with Crippen molar-refractivity contribution in [1.82, 2.24) is 14.6 Å². The van der Waals surface area contributed by atoms with Crippen LogP contribution in [0.5, 0.6) is 11.5 Å². The van der Waals surface area contributed by atoms with Crippen molar-refractivity contribution in [3.8, 4) is 11.5 Å². The number of hydrogen-bond donors (Lipinski definition) is 0. The van der Waals surface area contributed by atoms with Gasteiger partial charge < -0.3 is 14.4 Å². The Morgan fingerprint density at radius 2 is 2.04 bits per heavy atom. The zero-order valence-corrected chi connectivity index (χ0v) is 15.7. The molecule has 3 heterocycles. The van der Waals surface area contributed by atoms with Gasteiger partial charge >= 0.3 is 0 Å². The number of rotatable bonds is 3. The third-order valence-electron chi connectivity index (χ3n) is 4.17. The highest BCUT2D eigenvalue weighted by Crippen LogP contribution is 2.32. The Balaban J connectivity index is 1.47. The van der Waals surface area contributed by atoms with E-state index in [9.17, 15) is 0 Å². The average molecular weight is 358 g/mol. The molecule has 0 bridgehead atoms. The predicted octanol–water partition coefficient (Wildman–Crippen LogP) is 3.36. The molecule has 1 atom stereocenters. The molecular weight excluding hydrogens is 336 g/mol. The molecule has 1 aromatic carbocycles. The maximum atomic E-state index is 6.03. The van der Waals surface area contributed by atoms with E-state index in [0.29, 0.717) is 13.2 Å². The second kappa shape index (κ2) is 5.91. The summed E-state index contributed by atoms with van der Waals surface area (Å²) in [6.45, 7) is 7.72. The molecule has 6 nitrogen and oxygen atoms in total. The molecule has 4 rings (SSSR count). The predicted molar refractivity (Wildman–Crippen MR) is 99.2 cm³/mol. The SMILES string of the molecule is CN(CC1COc2ccccc2O1)c1nn2cc(C(C)(C)C)nc2s1. The fourth-order valence-corrected chi connectivity index (χ4v) is 3.60. The van der Waals surface area contributed by atoms with E-state index in [4.69, 9.17) is 14.5 Å². The van der Waals surface area contributed by atoms with E-state index in [1.807, 2.05) is 42.0 Å². The van der Waals surface area contributed by atoms with Crippen LogP contribution in [0.2, 0.25) is 0 Å². The number of para-hydroxylation sites is 2. The minimum Gasteiger partial charge on any atom is -0.486 e. The number of likely N-dealkylation sites (N-methyl/N-ethyl adjacent to an activating group) is 1. The zero-order valence-electron chi connectivity index (χ0n) is 14.9. The van der Waals surface area contributed by atoms with Gasteiger partial charge in [-0.05, 0) is 12.1 Å². The summed E-state index contributed by atoms with van der Waals surface area (Å²) in [5, 5.41) is 5.58. The van der Waals surface area contributed by atoms with Crippen molar-refractivity contribution < 1.29 is 9.47 Å². The lowest BCUT2D eigenvalue weighted by Gasteiger charge is -2.29. The lowest BCUT2D eigenvalue weighted by atomic mass is 9.93. The minimum absolute atomic E-state index is 0.0266. The van der Waals surface area contributed by atoms with Gasteiger partial charge in [-0.25, -0.2) is 9.50 Å². The number of nitrogens with zero attached hydrogens (tertiary/aromatic N) is 4. The number of imidazole rings is 1. The van der Waals surface area contributed by atoms with Gasteiger partial charge in [-0.15, -0.1) is 5.10 Å². The Labute approximate surface area is 151 Å². The van der Waals surface area contributed by atoms with E-state index in [1.54, 1.807) is 11.3 Å². The van der Waals surface area contributed by atoms with Crippen LogP contribution in [0, 0.1) is 0 Å². The molecule has 25 heavy (non-hydrogen) atoms. The molecule has 0 saturated heterocycles. The molecular formula is C18H22N4O2S. The lowest BCUT2D eigenvalue weighted by molar-refractivity contribution is 0.0960. The van der Waals surface area contributed by atoms with Gasteiger partial charge in [0.05, 0.1) is 18.4 Å². The Morgan fingerprint density at radius 1 is 1.28 bits per heavy atom. The van der Waals surface area contributed by atoms with Crippen molar-refractivity contribution in [3.05, 3.63) is 36.2 Å². The fourth-order valence-electron chi connectivity index (χ4n) is 2.74. The summed E-state index contributed by atoms with van der Waals surface area (Å²) in [4.78, 5) is 7.71. The van der Waals surface area contributed by atoms with Crippen LogP contribution in [0.1, 0.15) is 26.5 Å². The molecule has 132 valence electrons. The molecule has 0 radical (unpaired) electrons. The van der Waals surface area contributed by atoms with E-state index in [0.717, 1.165) is 27.3 Å². The lowest BCUT2D eigenvalue weighted by Crippen LogP contribution is -2.39. The highest BCUT2D eigenvalue weighted by molar-refractivity contribution is 7.20. The van der Waals surface area contributed by atoms with E-state index in [2.05, 4.69) is 30.8 Å². The molecule has 0 N–H and O–H groups in total. The van der Waals surface area contributed by atoms with Crippen LogP contribution in [0.25, 0.3) is 4.96 Å². The maximum absolute atomic E-state index is 6.03. The minimum atomic E-state index is -0.0266. The van der Waals surface area contributed by atoms with Crippen LogP contribution in [0.15, 0.2) is 30.5 Å². The molecule has 0 spiro atoms. The zero-order chi connectivity index (χ0) is 17.6. The molecule has 0 amide bonds. The maximum Gasteiger partial charge on any atom is 0.214 e. The highest BCUT2D eigenvalue weighted by atomic mass is 32.1.